The summed E-state index contributed by atoms with van der Waals surface area (Å²) in [6, 6.07) is 9.42. The lowest BCUT2D eigenvalue weighted by Crippen LogP contribution is -2.54. The third kappa shape index (κ3) is 4.22. The zero-order valence-electron chi connectivity index (χ0n) is 13.8. The zero-order chi connectivity index (χ0) is 17.8. The van der Waals surface area contributed by atoms with Crippen molar-refractivity contribution in [3.8, 4) is 0 Å². The van der Waals surface area contributed by atoms with E-state index in [1.807, 2.05) is 0 Å². The van der Waals surface area contributed by atoms with Crippen LogP contribution in [-0.2, 0) is 22.6 Å². The molecular weight excluding hydrogens is 343 g/mol. The molecule has 1 aromatic carbocycles. The molecule has 0 saturated carbocycles. The van der Waals surface area contributed by atoms with Crippen molar-refractivity contribution in [2.45, 2.75) is 24.3 Å². The lowest BCUT2D eigenvalue weighted by molar-refractivity contribution is -0.135. The van der Waals surface area contributed by atoms with Crippen LogP contribution in [0.2, 0.25) is 0 Å². The average molecular weight is 362 g/mol. The molecule has 3 rings (SSSR count). The van der Waals surface area contributed by atoms with Crippen molar-refractivity contribution >= 4 is 23.6 Å². The summed E-state index contributed by atoms with van der Waals surface area (Å²) in [4.78, 5) is 26.3. The first kappa shape index (κ1) is 17.5. The predicted octanol–water partition coefficient (Wildman–Crippen LogP) is 2.22. The van der Waals surface area contributed by atoms with Crippen LogP contribution in [0.15, 0.2) is 47.1 Å². The van der Waals surface area contributed by atoms with E-state index in [-0.39, 0.29) is 17.6 Å². The van der Waals surface area contributed by atoms with E-state index in [1.165, 1.54) is 22.7 Å². The molecule has 0 radical (unpaired) electrons. The van der Waals surface area contributed by atoms with Gasteiger partial charge in [-0.05, 0) is 30.2 Å². The fraction of sp³-hybridized carbons (Fsp3) is 0.333. The van der Waals surface area contributed by atoms with Crippen molar-refractivity contribution in [2.75, 3.05) is 12.8 Å². The molecule has 0 bridgehead atoms. The van der Waals surface area contributed by atoms with Gasteiger partial charge in [0.25, 0.3) is 0 Å². The van der Waals surface area contributed by atoms with Crippen LogP contribution in [0.3, 0.4) is 0 Å². The number of furan rings is 1. The Hall–Kier alpha value is -2.28. The van der Waals surface area contributed by atoms with Crippen LogP contribution in [0.25, 0.3) is 0 Å². The average Bonchev–Trinajstić information content (AvgIpc) is 3.10. The normalized spacial score (nSPS) is 20.2. The summed E-state index contributed by atoms with van der Waals surface area (Å²) >= 11 is 1.39. The molecule has 132 valence electrons. The lowest BCUT2D eigenvalue weighted by Gasteiger charge is -2.30. The third-order valence-electron chi connectivity index (χ3n) is 4.08. The van der Waals surface area contributed by atoms with E-state index in [0.29, 0.717) is 30.0 Å². The number of hydrogen-bond donors (Lipinski definition) is 1. The number of carbonyl (C=O) groups is 2. The van der Waals surface area contributed by atoms with Gasteiger partial charge in [0.05, 0.1) is 18.1 Å². The number of amides is 2. The fourth-order valence-corrected chi connectivity index (χ4v) is 3.89. The van der Waals surface area contributed by atoms with Gasteiger partial charge in [0.15, 0.2) is 0 Å². The van der Waals surface area contributed by atoms with Crippen molar-refractivity contribution in [1.82, 2.24) is 10.2 Å². The van der Waals surface area contributed by atoms with E-state index in [4.69, 9.17) is 4.42 Å². The summed E-state index contributed by atoms with van der Waals surface area (Å²) in [6.07, 6.45) is 1.87. The van der Waals surface area contributed by atoms with Gasteiger partial charge >= 0.3 is 0 Å². The molecule has 0 aliphatic carbocycles. The summed E-state index contributed by atoms with van der Waals surface area (Å²) < 4.78 is 19.0. The van der Waals surface area contributed by atoms with Crippen molar-refractivity contribution in [1.29, 1.82) is 0 Å². The second-order valence-electron chi connectivity index (χ2n) is 5.95. The highest BCUT2D eigenvalue weighted by molar-refractivity contribution is 8.00. The Kier molecular flexibility index (Phi) is 5.43. The lowest BCUT2D eigenvalue weighted by atomic mass is 10.1. The minimum absolute atomic E-state index is 0.165. The van der Waals surface area contributed by atoms with E-state index in [9.17, 15) is 14.0 Å². The molecule has 2 heterocycles. The quantitative estimate of drug-likeness (QED) is 0.886. The van der Waals surface area contributed by atoms with Crippen molar-refractivity contribution in [3.05, 3.63) is 59.8 Å². The van der Waals surface area contributed by atoms with Crippen LogP contribution in [0.4, 0.5) is 4.39 Å². The molecule has 1 fully saturated rings. The molecule has 7 heteroatoms. The molecule has 1 N–H and O–H groups in total. The topological polar surface area (TPSA) is 62.6 Å². The number of likely N-dealkylation sites (N-methyl/N-ethyl adjacent to an activating group) is 1. The van der Waals surface area contributed by atoms with E-state index < -0.39 is 11.3 Å². The number of carbonyl (C=O) groups excluding carboxylic acids is 2. The number of thioether (sulfide) groups is 1. The van der Waals surface area contributed by atoms with Crippen LogP contribution < -0.4 is 5.32 Å². The maximum atomic E-state index is 13.8. The molecule has 0 spiro atoms. The highest BCUT2D eigenvalue weighted by Crippen LogP contribution is 2.24. The van der Waals surface area contributed by atoms with Gasteiger partial charge < -0.3 is 14.6 Å². The highest BCUT2D eigenvalue weighted by Gasteiger charge is 2.34. The smallest absolute Gasteiger partial charge is 0.246 e. The van der Waals surface area contributed by atoms with Gasteiger partial charge in [-0.25, -0.2) is 4.39 Å². The molecule has 25 heavy (non-hydrogen) atoms. The van der Waals surface area contributed by atoms with Gasteiger partial charge in [-0.15, -0.1) is 11.8 Å². The minimum atomic E-state index is -0.575. The Morgan fingerprint density at radius 1 is 1.36 bits per heavy atom. The van der Waals surface area contributed by atoms with Crippen molar-refractivity contribution in [3.63, 3.8) is 0 Å². The molecule has 0 unspecified atom stereocenters. The molecule has 1 aliphatic heterocycles. The standard InChI is InChI=1S/C18H19FN2O3S/c1-21(10-13-6-4-8-24-13)18(23)15-11-25-16(17(22)20-15)9-12-5-2-3-7-14(12)19/h2-8,15-16H,9-11H2,1H3,(H,20,22)/t15-,16+/m0/s1. The van der Waals surface area contributed by atoms with E-state index in [2.05, 4.69) is 5.32 Å². The molecule has 5 nitrogen and oxygen atoms in total. The summed E-state index contributed by atoms with van der Waals surface area (Å²) in [6.45, 7) is 0.349. The zero-order valence-corrected chi connectivity index (χ0v) is 14.6. The first-order chi connectivity index (χ1) is 12.0. The van der Waals surface area contributed by atoms with Crippen molar-refractivity contribution in [2.24, 2.45) is 0 Å². The van der Waals surface area contributed by atoms with Gasteiger partial charge in [-0.1, -0.05) is 18.2 Å². The van der Waals surface area contributed by atoms with Gasteiger partial charge in [-0.3, -0.25) is 9.59 Å². The van der Waals surface area contributed by atoms with Crippen LogP contribution >= 0.6 is 11.8 Å². The summed E-state index contributed by atoms with van der Waals surface area (Å²) in [5, 5.41) is 2.37. The Bertz CT molecular complexity index is 751. The largest absolute Gasteiger partial charge is 0.467 e. The second kappa shape index (κ2) is 7.74. The first-order valence-corrected chi connectivity index (χ1v) is 9.02. The minimum Gasteiger partial charge on any atom is -0.467 e. The monoisotopic (exact) mass is 362 g/mol. The van der Waals surface area contributed by atoms with Gasteiger partial charge in [0.2, 0.25) is 11.8 Å². The maximum Gasteiger partial charge on any atom is 0.246 e. The first-order valence-electron chi connectivity index (χ1n) is 7.97. The predicted molar refractivity (Wildman–Crippen MR) is 93.5 cm³/mol. The van der Waals surface area contributed by atoms with E-state index >= 15 is 0 Å². The molecule has 1 aromatic heterocycles. The number of hydrogen-bond acceptors (Lipinski definition) is 4. The molecular formula is C18H19FN2O3S. The Balaban J connectivity index is 1.56. The molecule has 2 aromatic rings. The Morgan fingerprint density at radius 3 is 2.84 bits per heavy atom. The number of halogens is 1. The number of nitrogens with zero attached hydrogens (tertiary/aromatic N) is 1. The van der Waals surface area contributed by atoms with Crippen LogP contribution in [0.5, 0.6) is 0 Å². The highest BCUT2D eigenvalue weighted by atomic mass is 32.2. The maximum absolute atomic E-state index is 13.8. The number of nitrogens with one attached hydrogen (secondary N) is 1. The molecule has 2 atom stereocenters. The van der Waals surface area contributed by atoms with E-state index in [1.54, 1.807) is 43.6 Å². The number of rotatable bonds is 5. The summed E-state index contributed by atoms with van der Waals surface area (Å²) in [5.41, 5.74) is 0.509. The molecule has 1 aliphatic rings. The Labute approximate surface area is 149 Å². The SMILES string of the molecule is CN(Cc1ccco1)C(=O)[C@@H]1CS[C@H](Cc2ccccc2F)C(=O)N1. The van der Waals surface area contributed by atoms with Crippen LogP contribution in [0, 0.1) is 5.82 Å². The van der Waals surface area contributed by atoms with Crippen LogP contribution in [0.1, 0.15) is 11.3 Å². The molecule has 2 amide bonds. The van der Waals surface area contributed by atoms with Gasteiger partial charge in [-0.2, -0.15) is 0 Å². The molecule has 1 saturated heterocycles. The second-order valence-corrected chi connectivity index (χ2v) is 7.19. The summed E-state index contributed by atoms with van der Waals surface area (Å²) in [5.74, 6) is 0.438. The Morgan fingerprint density at radius 2 is 2.16 bits per heavy atom. The van der Waals surface area contributed by atoms with Gasteiger partial charge in [0, 0.05) is 12.8 Å². The fourth-order valence-electron chi connectivity index (χ4n) is 2.72. The van der Waals surface area contributed by atoms with Crippen molar-refractivity contribution < 1.29 is 18.4 Å². The summed E-state index contributed by atoms with van der Waals surface area (Å²) in [7, 11) is 1.67. The third-order valence-corrected chi connectivity index (χ3v) is 5.39. The van der Waals surface area contributed by atoms with E-state index in [0.717, 1.165) is 0 Å². The number of benzene rings is 1. The van der Waals surface area contributed by atoms with Gasteiger partial charge in [0.1, 0.15) is 17.6 Å². The van der Waals surface area contributed by atoms with Crippen LogP contribution in [-0.4, -0.2) is 40.8 Å².